The molecule has 0 saturated carbocycles. The fourth-order valence-electron chi connectivity index (χ4n) is 2.82. The average Bonchev–Trinajstić information content (AvgIpc) is 3.27. The van der Waals surface area contributed by atoms with Crippen molar-refractivity contribution in [2.45, 2.75) is 42.8 Å². The lowest BCUT2D eigenvalue weighted by Gasteiger charge is -2.13. The molecule has 0 unspecified atom stereocenters. The lowest BCUT2D eigenvalue weighted by molar-refractivity contribution is -0.124. The molecule has 1 aromatic carbocycles. The lowest BCUT2D eigenvalue weighted by atomic mass is 10.2. The minimum atomic E-state index is -3.58. The zero-order valence-electron chi connectivity index (χ0n) is 13.4. The van der Waals surface area contributed by atoms with Crippen molar-refractivity contribution in [3.8, 4) is 0 Å². The van der Waals surface area contributed by atoms with Crippen LogP contribution in [0.3, 0.4) is 0 Å². The number of carbonyl (C=O) groups excluding carboxylic acids is 1. The molecule has 0 radical (unpaired) electrons. The summed E-state index contributed by atoms with van der Waals surface area (Å²) < 4.78 is 37.8. The van der Waals surface area contributed by atoms with Gasteiger partial charge in [0.15, 0.2) is 0 Å². The molecule has 1 aromatic rings. The van der Waals surface area contributed by atoms with E-state index in [2.05, 4.69) is 10.0 Å². The highest BCUT2D eigenvalue weighted by atomic mass is 32.2. The van der Waals surface area contributed by atoms with E-state index in [-0.39, 0.29) is 23.5 Å². The summed E-state index contributed by atoms with van der Waals surface area (Å²) in [5, 5.41) is 2.74. The maximum atomic E-state index is 12.3. The summed E-state index contributed by atoms with van der Waals surface area (Å²) in [6, 6.07) is 6.10. The number of sulfonamides is 1. The Labute approximate surface area is 141 Å². The molecule has 2 aliphatic rings. The van der Waals surface area contributed by atoms with Crippen LogP contribution >= 0.6 is 0 Å². The van der Waals surface area contributed by atoms with Gasteiger partial charge in [0.1, 0.15) is 6.10 Å². The second-order valence-corrected chi connectivity index (χ2v) is 7.77. The molecule has 132 valence electrons. The van der Waals surface area contributed by atoms with Gasteiger partial charge in [0.25, 0.3) is 5.91 Å². The van der Waals surface area contributed by atoms with Crippen molar-refractivity contribution in [3.63, 3.8) is 0 Å². The third-order valence-corrected chi connectivity index (χ3v) is 5.62. The highest BCUT2D eigenvalue weighted by Gasteiger charge is 2.24. The Morgan fingerprint density at radius 3 is 2.42 bits per heavy atom. The molecule has 3 rings (SSSR count). The largest absolute Gasteiger partial charge is 0.377 e. The van der Waals surface area contributed by atoms with Gasteiger partial charge in [-0.25, -0.2) is 13.1 Å². The number of carbonyl (C=O) groups is 1. The standard InChI is InChI=1S/C16H22N2O5S/c19-16(15-4-2-10-23-15)18-12-5-7-14(8-6-12)24(20,21)17-11-13-3-1-9-22-13/h5-8,13,15,17H,1-4,9-11H2,(H,18,19)/t13-,15+/m1/s1. The highest BCUT2D eigenvalue weighted by molar-refractivity contribution is 7.89. The van der Waals surface area contributed by atoms with E-state index in [4.69, 9.17) is 9.47 Å². The second kappa shape index (κ2) is 7.60. The maximum absolute atomic E-state index is 12.3. The number of amides is 1. The summed E-state index contributed by atoms with van der Waals surface area (Å²) in [7, 11) is -3.58. The molecule has 0 bridgehead atoms. The number of anilines is 1. The predicted molar refractivity (Wildman–Crippen MR) is 88.2 cm³/mol. The van der Waals surface area contributed by atoms with E-state index in [1.165, 1.54) is 12.1 Å². The van der Waals surface area contributed by atoms with Gasteiger partial charge < -0.3 is 14.8 Å². The Balaban J connectivity index is 1.57. The van der Waals surface area contributed by atoms with Gasteiger partial charge in [-0.2, -0.15) is 0 Å². The number of rotatable bonds is 6. The fourth-order valence-corrected chi connectivity index (χ4v) is 3.88. The minimum Gasteiger partial charge on any atom is -0.377 e. The lowest BCUT2D eigenvalue weighted by Crippen LogP contribution is -2.31. The number of nitrogens with one attached hydrogen (secondary N) is 2. The summed E-state index contributed by atoms with van der Waals surface area (Å²) in [6.07, 6.45) is 2.96. The Hall–Kier alpha value is -1.48. The van der Waals surface area contributed by atoms with E-state index < -0.39 is 16.1 Å². The van der Waals surface area contributed by atoms with Crippen molar-refractivity contribution in [1.82, 2.24) is 4.72 Å². The monoisotopic (exact) mass is 354 g/mol. The van der Waals surface area contributed by atoms with Crippen LogP contribution in [-0.2, 0) is 24.3 Å². The van der Waals surface area contributed by atoms with Crippen LogP contribution in [0.25, 0.3) is 0 Å². The van der Waals surface area contributed by atoms with Crippen molar-refractivity contribution in [1.29, 1.82) is 0 Å². The third kappa shape index (κ3) is 4.32. The van der Waals surface area contributed by atoms with Gasteiger partial charge in [-0.15, -0.1) is 0 Å². The first-order valence-electron chi connectivity index (χ1n) is 8.18. The van der Waals surface area contributed by atoms with Crippen LogP contribution in [0, 0.1) is 0 Å². The van der Waals surface area contributed by atoms with E-state index >= 15 is 0 Å². The first-order valence-corrected chi connectivity index (χ1v) is 9.67. The van der Waals surface area contributed by atoms with Crippen LogP contribution < -0.4 is 10.0 Å². The molecule has 2 heterocycles. The van der Waals surface area contributed by atoms with Gasteiger partial charge in [0.05, 0.1) is 11.0 Å². The molecule has 0 aromatic heterocycles. The Bertz CT molecular complexity index is 662. The topological polar surface area (TPSA) is 93.7 Å². The minimum absolute atomic E-state index is 0.0512. The van der Waals surface area contributed by atoms with E-state index in [1.807, 2.05) is 0 Å². The molecule has 2 aliphatic heterocycles. The molecule has 1 amide bonds. The van der Waals surface area contributed by atoms with Crippen LogP contribution in [0.5, 0.6) is 0 Å². The molecule has 8 heteroatoms. The first kappa shape index (κ1) is 17.3. The number of hydrogen-bond acceptors (Lipinski definition) is 5. The second-order valence-electron chi connectivity index (χ2n) is 6.00. The van der Waals surface area contributed by atoms with Crippen molar-refractivity contribution >= 4 is 21.6 Å². The Morgan fingerprint density at radius 2 is 1.79 bits per heavy atom. The number of benzene rings is 1. The number of hydrogen-bond donors (Lipinski definition) is 2. The van der Waals surface area contributed by atoms with Gasteiger partial charge in [-0.05, 0) is 49.9 Å². The van der Waals surface area contributed by atoms with Crippen molar-refractivity contribution in [3.05, 3.63) is 24.3 Å². The molecule has 2 atom stereocenters. The molecule has 7 nitrogen and oxygen atoms in total. The smallest absolute Gasteiger partial charge is 0.253 e. The van der Waals surface area contributed by atoms with Gasteiger partial charge in [0.2, 0.25) is 10.0 Å². The SMILES string of the molecule is O=C(Nc1ccc(S(=O)(=O)NC[C@H]2CCCO2)cc1)[C@@H]1CCCO1. The zero-order chi connectivity index (χ0) is 17.0. The quantitative estimate of drug-likeness (QED) is 0.802. The normalized spacial score (nSPS) is 24.2. The van der Waals surface area contributed by atoms with Crippen molar-refractivity contribution in [2.75, 3.05) is 25.1 Å². The molecule has 2 saturated heterocycles. The van der Waals surface area contributed by atoms with Crippen LogP contribution in [0.2, 0.25) is 0 Å². The zero-order valence-corrected chi connectivity index (χ0v) is 14.2. The van der Waals surface area contributed by atoms with Gasteiger partial charge in [0, 0.05) is 25.4 Å². The summed E-state index contributed by atoms with van der Waals surface area (Å²) in [6.45, 7) is 1.57. The predicted octanol–water partition coefficient (Wildman–Crippen LogP) is 1.26. The molecule has 2 fully saturated rings. The van der Waals surface area contributed by atoms with Gasteiger partial charge in [-0.1, -0.05) is 0 Å². The number of ether oxygens (including phenoxy) is 2. The Morgan fingerprint density at radius 1 is 1.08 bits per heavy atom. The average molecular weight is 354 g/mol. The first-order chi connectivity index (χ1) is 11.5. The summed E-state index contributed by atoms with van der Waals surface area (Å²) >= 11 is 0. The van der Waals surface area contributed by atoms with Gasteiger partial charge in [-0.3, -0.25) is 4.79 Å². The van der Waals surface area contributed by atoms with E-state index in [9.17, 15) is 13.2 Å². The van der Waals surface area contributed by atoms with Gasteiger partial charge >= 0.3 is 0 Å². The molecule has 0 spiro atoms. The summed E-state index contributed by atoms with van der Waals surface area (Å²) in [4.78, 5) is 12.1. The van der Waals surface area contributed by atoms with E-state index in [0.29, 0.717) is 25.3 Å². The third-order valence-electron chi connectivity index (χ3n) is 4.18. The summed E-state index contributed by atoms with van der Waals surface area (Å²) in [5.41, 5.74) is 0.550. The van der Waals surface area contributed by atoms with Crippen molar-refractivity contribution < 1.29 is 22.7 Å². The van der Waals surface area contributed by atoms with E-state index in [1.54, 1.807) is 12.1 Å². The van der Waals surface area contributed by atoms with Crippen molar-refractivity contribution in [2.24, 2.45) is 0 Å². The van der Waals surface area contributed by atoms with Crippen LogP contribution in [0.1, 0.15) is 25.7 Å². The fraction of sp³-hybridized carbons (Fsp3) is 0.562. The molecule has 2 N–H and O–H groups in total. The van der Waals surface area contributed by atoms with Crippen LogP contribution in [-0.4, -0.2) is 46.3 Å². The summed E-state index contributed by atoms with van der Waals surface area (Å²) in [5.74, 6) is -0.195. The Kier molecular flexibility index (Phi) is 5.50. The molecular weight excluding hydrogens is 332 g/mol. The molecule has 24 heavy (non-hydrogen) atoms. The maximum Gasteiger partial charge on any atom is 0.253 e. The highest BCUT2D eigenvalue weighted by Crippen LogP contribution is 2.18. The van der Waals surface area contributed by atoms with E-state index in [0.717, 1.165) is 19.3 Å². The molecular formula is C16H22N2O5S. The van der Waals surface area contributed by atoms with Crippen LogP contribution in [0.4, 0.5) is 5.69 Å². The molecule has 0 aliphatic carbocycles. The van der Waals surface area contributed by atoms with Crippen LogP contribution in [0.15, 0.2) is 29.2 Å².